The predicted molar refractivity (Wildman–Crippen MR) is 151 cm³/mol. The molecule has 0 aliphatic carbocycles. The molecule has 7 nitrogen and oxygen atoms in total. The summed E-state index contributed by atoms with van der Waals surface area (Å²) in [7, 11) is -4.07. The van der Waals surface area contributed by atoms with Gasteiger partial charge in [0.2, 0.25) is 11.8 Å². The summed E-state index contributed by atoms with van der Waals surface area (Å²) in [4.78, 5) is 28.6. The first-order valence-corrected chi connectivity index (χ1v) is 14.0. The van der Waals surface area contributed by atoms with E-state index in [-0.39, 0.29) is 17.3 Å². The van der Waals surface area contributed by atoms with Gasteiger partial charge >= 0.3 is 0 Å². The third kappa shape index (κ3) is 7.44. The van der Waals surface area contributed by atoms with Crippen LogP contribution in [0.5, 0.6) is 0 Å². The lowest BCUT2D eigenvalue weighted by Gasteiger charge is -2.33. The molecule has 0 saturated heterocycles. The molecule has 0 saturated carbocycles. The first kappa shape index (κ1) is 28.9. The molecule has 3 aromatic rings. The van der Waals surface area contributed by atoms with E-state index in [0.717, 1.165) is 21.0 Å². The number of aryl methyl sites for hydroxylation is 2. The van der Waals surface area contributed by atoms with Gasteiger partial charge in [-0.25, -0.2) is 8.42 Å². The Labute approximate surface area is 226 Å². The average molecular weight is 536 g/mol. The zero-order valence-corrected chi connectivity index (χ0v) is 23.7. The van der Waals surface area contributed by atoms with Gasteiger partial charge in [0.05, 0.1) is 10.6 Å². The SMILES string of the molecule is Cc1ccc(CN(C(=O)CN(c2cccc(C)c2)S(=O)(=O)c2ccccc2)[C@H](C)C(=O)NC(C)(C)C)cc1. The number of anilines is 1. The number of sulfonamides is 1. The largest absolute Gasteiger partial charge is 0.350 e. The summed E-state index contributed by atoms with van der Waals surface area (Å²) < 4.78 is 28.6. The molecule has 3 aromatic carbocycles. The van der Waals surface area contributed by atoms with Crippen molar-refractivity contribution in [3.05, 3.63) is 95.6 Å². The first-order chi connectivity index (χ1) is 17.8. The van der Waals surface area contributed by atoms with Crippen LogP contribution in [0.15, 0.2) is 83.8 Å². The second-order valence-electron chi connectivity index (χ2n) is 10.6. The van der Waals surface area contributed by atoms with Gasteiger partial charge in [-0.3, -0.25) is 13.9 Å². The van der Waals surface area contributed by atoms with E-state index in [9.17, 15) is 18.0 Å². The van der Waals surface area contributed by atoms with Gasteiger partial charge in [-0.05, 0) is 76.9 Å². The van der Waals surface area contributed by atoms with Crippen molar-refractivity contribution in [2.45, 2.75) is 64.6 Å². The molecule has 0 unspecified atom stereocenters. The molecule has 0 bridgehead atoms. The highest BCUT2D eigenvalue weighted by Crippen LogP contribution is 2.25. The number of carbonyl (C=O) groups is 2. The van der Waals surface area contributed by atoms with Crippen LogP contribution in [-0.4, -0.2) is 43.3 Å². The van der Waals surface area contributed by atoms with Crippen LogP contribution in [0.3, 0.4) is 0 Å². The average Bonchev–Trinajstić information content (AvgIpc) is 2.85. The van der Waals surface area contributed by atoms with Crippen LogP contribution < -0.4 is 9.62 Å². The summed E-state index contributed by atoms with van der Waals surface area (Å²) in [5.74, 6) is -0.797. The number of hydrogen-bond donors (Lipinski definition) is 1. The number of rotatable bonds is 9. The van der Waals surface area contributed by atoms with E-state index >= 15 is 0 Å². The van der Waals surface area contributed by atoms with Crippen molar-refractivity contribution in [1.29, 1.82) is 0 Å². The number of benzene rings is 3. The third-order valence-electron chi connectivity index (χ3n) is 6.04. The quantitative estimate of drug-likeness (QED) is 0.425. The molecule has 0 aliphatic heterocycles. The number of nitrogens with zero attached hydrogens (tertiary/aromatic N) is 2. The summed E-state index contributed by atoms with van der Waals surface area (Å²) in [5, 5.41) is 2.93. The summed E-state index contributed by atoms with van der Waals surface area (Å²) in [6, 6.07) is 21.9. The summed E-state index contributed by atoms with van der Waals surface area (Å²) in [5.41, 5.74) is 2.66. The van der Waals surface area contributed by atoms with E-state index in [4.69, 9.17) is 0 Å². The van der Waals surface area contributed by atoms with Crippen molar-refractivity contribution < 1.29 is 18.0 Å². The monoisotopic (exact) mass is 535 g/mol. The van der Waals surface area contributed by atoms with Crippen LogP contribution in [0, 0.1) is 13.8 Å². The van der Waals surface area contributed by atoms with Gasteiger partial charge in [0.15, 0.2) is 0 Å². The van der Waals surface area contributed by atoms with Gasteiger partial charge in [0, 0.05) is 12.1 Å². The highest BCUT2D eigenvalue weighted by Gasteiger charge is 2.33. The lowest BCUT2D eigenvalue weighted by Crippen LogP contribution is -2.54. The molecule has 0 aromatic heterocycles. The number of hydrogen-bond acceptors (Lipinski definition) is 4. The first-order valence-electron chi connectivity index (χ1n) is 12.6. The van der Waals surface area contributed by atoms with Crippen LogP contribution in [0.1, 0.15) is 44.4 Å². The smallest absolute Gasteiger partial charge is 0.264 e. The van der Waals surface area contributed by atoms with E-state index in [1.807, 2.05) is 65.0 Å². The Morgan fingerprint density at radius 3 is 2.08 bits per heavy atom. The summed E-state index contributed by atoms with van der Waals surface area (Å²) in [6.07, 6.45) is 0. The minimum Gasteiger partial charge on any atom is -0.350 e. The summed E-state index contributed by atoms with van der Waals surface area (Å²) in [6.45, 7) is 10.8. The Kier molecular flexibility index (Phi) is 8.99. The topological polar surface area (TPSA) is 86.8 Å². The molecule has 38 heavy (non-hydrogen) atoms. The fourth-order valence-corrected chi connectivity index (χ4v) is 5.41. The van der Waals surface area contributed by atoms with Gasteiger partial charge in [-0.2, -0.15) is 0 Å². The molecule has 202 valence electrons. The van der Waals surface area contributed by atoms with Crippen molar-refractivity contribution >= 4 is 27.5 Å². The van der Waals surface area contributed by atoms with E-state index < -0.39 is 34.1 Å². The molecule has 8 heteroatoms. The molecule has 0 spiro atoms. The van der Waals surface area contributed by atoms with E-state index in [1.165, 1.54) is 17.0 Å². The van der Waals surface area contributed by atoms with E-state index in [0.29, 0.717) is 5.69 Å². The molecule has 1 atom stereocenters. The van der Waals surface area contributed by atoms with Crippen molar-refractivity contribution in [1.82, 2.24) is 10.2 Å². The van der Waals surface area contributed by atoms with Crippen molar-refractivity contribution in [3.8, 4) is 0 Å². The van der Waals surface area contributed by atoms with Crippen molar-refractivity contribution in [2.24, 2.45) is 0 Å². The normalized spacial score (nSPS) is 12.5. The van der Waals surface area contributed by atoms with E-state index in [1.54, 1.807) is 43.3 Å². The van der Waals surface area contributed by atoms with Gasteiger partial charge in [0.25, 0.3) is 10.0 Å². The molecule has 0 aliphatic rings. The molecule has 0 heterocycles. The fraction of sp³-hybridized carbons (Fsp3) is 0.333. The van der Waals surface area contributed by atoms with Crippen LogP contribution >= 0.6 is 0 Å². The number of amides is 2. The van der Waals surface area contributed by atoms with Gasteiger partial charge in [-0.1, -0.05) is 60.2 Å². The van der Waals surface area contributed by atoms with Crippen molar-refractivity contribution in [3.63, 3.8) is 0 Å². The fourth-order valence-electron chi connectivity index (χ4n) is 3.98. The highest BCUT2D eigenvalue weighted by molar-refractivity contribution is 7.92. The maximum Gasteiger partial charge on any atom is 0.264 e. The maximum atomic E-state index is 13.9. The van der Waals surface area contributed by atoms with Crippen LogP contribution in [0.4, 0.5) is 5.69 Å². The molecule has 3 rings (SSSR count). The van der Waals surface area contributed by atoms with Crippen LogP contribution in [-0.2, 0) is 26.2 Å². The van der Waals surface area contributed by atoms with Gasteiger partial charge < -0.3 is 10.2 Å². The van der Waals surface area contributed by atoms with Gasteiger partial charge in [-0.15, -0.1) is 0 Å². The Morgan fingerprint density at radius 2 is 1.50 bits per heavy atom. The van der Waals surface area contributed by atoms with E-state index in [2.05, 4.69) is 5.32 Å². The summed E-state index contributed by atoms with van der Waals surface area (Å²) >= 11 is 0. The van der Waals surface area contributed by atoms with Crippen LogP contribution in [0.2, 0.25) is 0 Å². The second kappa shape index (κ2) is 11.8. The lowest BCUT2D eigenvalue weighted by atomic mass is 10.1. The zero-order valence-electron chi connectivity index (χ0n) is 22.9. The Morgan fingerprint density at radius 1 is 0.868 bits per heavy atom. The molecule has 0 fully saturated rings. The minimum atomic E-state index is -4.07. The second-order valence-corrected chi connectivity index (χ2v) is 12.4. The Balaban J connectivity index is 2.02. The highest BCUT2D eigenvalue weighted by atomic mass is 32.2. The van der Waals surface area contributed by atoms with Crippen molar-refractivity contribution in [2.75, 3.05) is 10.8 Å². The minimum absolute atomic E-state index is 0.0814. The van der Waals surface area contributed by atoms with Gasteiger partial charge in [0.1, 0.15) is 12.6 Å². The Bertz CT molecular complexity index is 1360. The molecular weight excluding hydrogens is 498 g/mol. The third-order valence-corrected chi connectivity index (χ3v) is 7.83. The van der Waals surface area contributed by atoms with Crippen LogP contribution in [0.25, 0.3) is 0 Å². The number of nitrogens with one attached hydrogen (secondary N) is 1. The number of carbonyl (C=O) groups excluding carboxylic acids is 2. The molecule has 2 amide bonds. The molecule has 0 radical (unpaired) electrons. The molecule has 1 N–H and O–H groups in total. The zero-order chi connectivity index (χ0) is 28.1. The molecular formula is C30H37N3O4S. The predicted octanol–water partition coefficient (Wildman–Crippen LogP) is 4.83. The standard InChI is InChI=1S/C30H37N3O4S/c1-22-15-17-25(18-16-22)20-32(24(3)29(35)31-30(4,5)6)28(34)21-33(26-12-10-11-23(2)19-26)38(36,37)27-13-8-7-9-14-27/h7-19,24H,20-21H2,1-6H3,(H,31,35)/t24-/m1/s1. The Hall–Kier alpha value is -3.65. The maximum absolute atomic E-state index is 13.9. The lowest BCUT2D eigenvalue weighted by molar-refractivity contribution is -0.140.